The van der Waals surface area contributed by atoms with Gasteiger partial charge >= 0.3 is 5.97 Å². The fourth-order valence-corrected chi connectivity index (χ4v) is 4.64. The Balaban J connectivity index is 1.75. The molecule has 12 heteroatoms. The van der Waals surface area contributed by atoms with Gasteiger partial charge in [-0.2, -0.15) is 0 Å². The topological polar surface area (TPSA) is 196 Å². The fraction of sp³-hybridized carbons (Fsp3) is 0.857. The quantitative estimate of drug-likeness (QED) is 0.179. The smallest absolute Gasteiger partial charge is 0.309 e. The summed E-state index contributed by atoms with van der Waals surface area (Å²) in [5, 5.41) is 70.5. The maximum atomic E-state index is 12.2. The van der Waals surface area contributed by atoms with E-state index in [0.29, 0.717) is 5.57 Å². The molecule has 2 aliphatic heterocycles. The summed E-state index contributed by atoms with van der Waals surface area (Å²) in [5.74, 6) is -2.12. The van der Waals surface area contributed by atoms with Gasteiger partial charge in [-0.05, 0) is 17.9 Å². The van der Waals surface area contributed by atoms with Crippen LogP contribution in [0.4, 0.5) is 0 Å². The van der Waals surface area contributed by atoms with Crippen LogP contribution in [0.15, 0.2) is 11.8 Å². The first-order valence-electron chi connectivity index (χ1n) is 11.0. The maximum absolute atomic E-state index is 12.2. The first-order chi connectivity index (χ1) is 15.5. The number of hydrogen-bond acceptors (Lipinski definition) is 12. The van der Waals surface area contributed by atoms with Gasteiger partial charge in [-0.3, -0.25) is 4.79 Å². The van der Waals surface area contributed by atoms with Crippen molar-refractivity contribution >= 4 is 5.97 Å². The summed E-state index contributed by atoms with van der Waals surface area (Å²) in [5.41, 5.74) is -1.56. The zero-order valence-electron chi connectivity index (χ0n) is 18.6. The molecule has 190 valence electrons. The van der Waals surface area contributed by atoms with Crippen LogP contribution in [0.25, 0.3) is 0 Å². The molecule has 12 nitrogen and oxygen atoms in total. The van der Waals surface area contributed by atoms with Crippen LogP contribution in [0.5, 0.6) is 0 Å². The van der Waals surface area contributed by atoms with Gasteiger partial charge in [-0.1, -0.05) is 13.8 Å². The van der Waals surface area contributed by atoms with E-state index in [2.05, 4.69) is 0 Å². The lowest BCUT2D eigenvalue weighted by Crippen LogP contribution is -2.59. The summed E-state index contributed by atoms with van der Waals surface area (Å²) in [7, 11) is 0. The SMILES string of the molecule is CC(C)CC(=O)O[C@@H]1OC=C(CO[C@@H]2O[C@H](CO)[C@@H](O)[C@H](O)[C@H]2O)[C@@H]2C[C@H](O)[C@](O)(CO)[C@H]12. The van der Waals surface area contributed by atoms with E-state index in [1.165, 1.54) is 6.26 Å². The van der Waals surface area contributed by atoms with E-state index < -0.39 is 79.7 Å². The molecule has 0 aromatic rings. The van der Waals surface area contributed by atoms with Crippen molar-refractivity contribution in [2.75, 3.05) is 19.8 Å². The zero-order chi connectivity index (χ0) is 24.5. The Hall–Kier alpha value is -1.35. The predicted octanol–water partition coefficient (Wildman–Crippen LogP) is -2.65. The number of esters is 1. The zero-order valence-corrected chi connectivity index (χ0v) is 18.6. The standard InChI is InChI=1S/C21H34O12/c1-9(2)3-14(25)33-19-15-11(4-13(24)21(15,29)8-23)10(6-30-19)7-31-20-18(28)17(27)16(26)12(5-22)32-20/h6,9,11-13,15-20,22-24,26-29H,3-5,7-8H2,1-2H3/t11-,12+,13-,15-,16+,17-,18+,19-,20+,21+/m0/s1. The minimum atomic E-state index is -1.99. The van der Waals surface area contributed by atoms with Gasteiger partial charge in [0.2, 0.25) is 6.29 Å². The highest BCUT2D eigenvalue weighted by Crippen LogP contribution is 2.49. The molecule has 0 spiro atoms. The van der Waals surface area contributed by atoms with Gasteiger partial charge in [-0.15, -0.1) is 0 Å². The number of aliphatic hydroxyl groups is 7. The van der Waals surface area contributed by atoms with Crippen molar-refractivity contribution in [1.29, 1.82) is 0 Å². The highest BCUT2D eigenvalue weighted by Gasteiger charge is 2.60. The van der Waals surface area contributed by atoms with Crippen molar-refractivity contribution in [2.45, 2.75) is 75.4 Å². The van der Waals surface area contributed by atoms with E-state index >= 15 is 0 Å². The van der Waals surface area contributed by atoms with Crippen LogP contribution >= 0.6 is 0 Å². The summed E-state index contributed by atoms with van der Waals surface area (Å²) >= 11 is 0. The van der Waals surface area contributed by atoms with Gasteiger partial charge in [-0.25, -0.2) is 0 Å². The van der Waals surface area contributed by atoms with E-state index in [9.17, 15) is 40.5 Å². The lowest BCUT2D eigenvalue weighted by molar-refractivity contribution is -0.299. The molecule has 0 bridgehead atoms. The average Bonchev–Trinajstić information content (AvgIpc) is 3.03. The fourth-order valence-electron chi connectivity index (χ4n) is 4.64. The molecule has 0 aromatic heterocycles. The van der Waals surface area contributed by atoms with Gasteiger partial charge in [0.1, 0.15) is 30.0 Å². The number of ether oxygens (including phenoxy) is 4. The summed E-state index contributed by atoms with van der Waals surface area (Å²) < 4.78 is 21.8. The predicted molar refractivity (Wildman–Crippen MR) is 108 cm³/mol. The molecule has 3 aliphatic rings. The van der Waals surface area contributed by atoms with E-state index in [1.807, 2.05) is 13.8 Å². The normalized spacial score (nSPS) is 43.1. The Labute approximate surface area is 191 Å². The molecular formula is C21H34O12. The lowest BCUT2D eigenvalue weighted by Gasteiger charge is -2.41. The van der Waals surface area contributed by atoms with Crippen LogP contribution in [0.1, 0.15) is 26.7 Å². The first kappa shape index (κ1) is 26.3. The summed E-state index contributed by atoms with van der Waals surface area (Å²) in [6.07, 6.45) is -8.43. The average molecular weight is 478 g/mol. The summed E-state index contributed by atoms with van der Waals surface area (Å²) in [6, 6.07) is 0. The highest BCUT2D eigenvalue weighted by atomic mass is 16.7. The lowest BCUT2D eigenvalue weighted by atomic mass is 9.80. The van der Waals surface area contributed by atoms with Gasteiger partial charge < -0.3 is 54.7 Å². The molecule has 3 rings (SSSR count). The maximum Gasteiger partial charge on any atom is 0.309 e. The Morgan fingerprint density at radius 1 is 1.15 bits per heavy atom. The molecule has 33 heavy (non-hydrogen) atoms. The minimum Gasteiger partial charge on any atom is -0.462 e. The Morgan fingerprint density at radius 2 is 1.85 bits per heavy atom. The van der Waals surface area contributed by atoms with E-state index in [4.69, 9.17) is 18.9 Å². The van der Waals surface area contributed by atoms with Gasteiger partial charge in [0, 0.05) is 12.3 Å². The second-order valence-electron chi connectivity index (χ2n) is 9.33. The Bertz CT molecular complexity index is 711. The molecule has 7 N–H and O–H groups in total. The van der Waals surface area contributed by atoms with Crippen molar-refractivity contribution < 1.29 is 59.5 Å². The van der Waals surface area contributed by atoms with Crippen molar-refractivity contribution in [1.82, 2.24) is 0 Å². The van der Waals surface area contributed by atoms with E-state index in [-0.39, 0.29) is 25.4 Å². The van der Waals surface area contributed by atoms with Crippen LogP contribution in [0.3, 0.4) is 0 Å². The summed E-state index contributed by atoms with van der Waals surface area (Å²) in [6.45, 7) is 2.04. The van der Waals surface area contributed by atoms with Gasteiger partial charge in [0.15, 0.2) is 6.29 Å². The van der Waals surface area contributed by atoms with Crippen molar-refractivity contribution in [3.05, 3.63) is 11.8 Å². The van der Waals surface area contributed by atoms with Crippen LogP contribution in [-0.4, -0.2) is 110 Å². The Kier molecular flexibility index (Phi) is 8.36. The number of carbonyl (C=O) groups is 1. The minimum absolute atomic E-state index is 0.0210. The highest BCUT2D eigenvalue weighted by molar-refractivity contribution is 5.69. The third-order valence-electron chi connectivity index (χ3n) is 6.53. The molecule has 10 atom stereocenters. The van der Waals surface area contributed by atoms with Crippen LogP contribution in [0, 0.1) is 17.8 Å². The molecule has 1 saturated carbocycles. The molecule has 0 amide bonds. The number of aliphatic hydroxyl groups excluding tert-OH is 6. The summed E-state index contributed by atoms with van der Waals surface area (Å²) in [4.78, 5) is 12.2. The number of rotatable bonds is 8. The van der Waals surface area contributed by atoms with Crippen LogP contribution in [0.2, 0.25) is 0 Å². The molecule has 0 aromatic carbocycles. The molecule has 1 aliphatic carbocycles. The van der Waals surface area contributed by atoms with E-state index in [1.54, 1.807) is 0 Å². The molecule has 0 radical (unpaired) electrons. The molecule has 0 unspecified atom stereocenters. The van der Waals surface area contributed by atoms with Crippen molar-refractivity contribution in [3.63, 3.8) is 0 Å². The van der Waals surface area contributed by atoms with E-state index in [0.717, 1.165) is 0 Å². The first-order valence-corrected chi connectivity index (χ1v) is 11.0. The molecule has 1 saturated heterocycles. The third kappa shape index (κ3) is 5.19. The number of carbonyl (C=O) groups excluding carboxylic acids is 1. The van der Waals surface area contributed by atoms with Gasteiger partial charge in [0.25, 0.3) is 0 Å². The van der Waals surface area contributed by atoms with Crippen LogP contribution < -0.4 is 0 Å². The largest absolute Gasteiger partial charge is 0.462 e. The van der Waals surface area contributed by atoms with Crippen molar-refractivity contribution in [2.24, 2.45) is 17.8 Å². The number of hydrogen-bond donors (Lipinski definition) is 7. The third-order valence-corrected chi connectivity index (χ3v) is 6.53. The monoisotopic (exact) mass is 478 g/mol. The van der Waals surface area contributed by atoms with Crippen LogP contribution in [-0.2, 0) is 23.7 Å². The number of fused-ring (bicyclic) bond motifs is 1. The Morgan fingerprint density at radius 3 is 2.45 bits per heavy atom. The van der Waals surface area contributed by atoms with Crippen molar-refractivity contribution in [3.8, 4) is 0 Å². The molecular weight excluding hydrogens is 444 g/mol. The molecule has 2 fully saturated rings. The van der Waals surface area contributed by atoms with Gasteiger partial charge in [0.05, 0.1) is 38.1 Å². The second-order valence-corrected chi connectivity index (χ2v) is 9.33. The molecule has 2 heterocycles. The second kappa shape index (κ2) is 10.5.